The first-order chi connectivity index (χ1) is 13.5. The summed E-state index contributed by atoms with van der Waals surface area (Å²) >= 11 is 7.17. The Balaban J connectivity index is 1.48. The lowest BCUT2D eigenvalue weighted by atomic mass is 10.2. The molecule has 4 rings (SSSR count). The van der Waals surface area contributed by atoms with Crippen LogP contribution in [0.1, 0.15) is 10.4 Å². The molecule has 4 N–H and O–H groups in total. The van der Waals surface area contributed by atoms with Gasteiger partial charge in [-0.05, 0) is 36.4 Å². The highest BCUT2D eigenvalue weighted by molar-refractivity contribution is 7.20. The number of urea groups is 1. The van der Waals surface area contributed by atoms with E-state index in [1.165, 1.54) is 11.3 Å². The molecular formula is C18H13ClN6O2S. The number of primary amides is 1. The van der Waals surface area contributed by atoms with Crippen molar-refractivity contribution in [3.8, 4) is 11.3 Å². The molecule has 0 aliphatic heterocycles. The van der Waals surface area contributed by atoms with Crippen LogP contribution in [0.25, 0.3) is 16.2 Å². The Morgan fingerprint density at radius 1 is 1.04 bits per heavy atom. The molecule has 0 saturated carbocycles. The number of nitrogens with two attached hydrogens (primary N) is 1. The fourth-order valence-corrected chi connectivity index (χ4v) is 3.43. The van der Waals surface area contributed by atoms with Gasteiger partial charge >= 0.3 is 6.03 Å². The number of fused-ring (bicyclic) bond motifs is 1. The van der Waals surface area contributed by atoms with Gasteiger partial charge in [-0.25, -0.2) is 14.3 Å². The predicted octanol–water partition coefficient (Wildman–Crippen LogP) is 3.85. The minimum Gasteiger partial charge on any atom is -0.351 e. The zero-order valence-corrected chi connectivity index (χ0v) is 15.8. The summed E-state index contributed by atoms with van der Waals surface area (Å²) in [7, 11) is 0. The maximum absolute atomic E-state index is 12.4. The van der Waals surface area contributed by atoms with Crippen molar-refractivity contribution in [2.24, 2.45) is 5.73 Å². The van der Waals surface area contributed by atoms with Gasteiger partial charge < -0.3 is 11.1 Å². The van der Waals surface area contributed by atoms with Crippen LogP contribution in [0.3, 0.4) is 0 Å². The van der Waals surface area contributed by atoms with E-state index >= 15 is 0 Å². The number of imidazole rings is 1. The lowest BCUT2D eigenvalue weighted by molar-refractivity contribution is 0.102. The van der Waals surface area contributed by atoms with Crippen molar-refractivity contribution < 1.29 is 9.59 Å². The summed E-state index contributed by atoms with van der Waals surface area (Å²) in [5, 5.41) is 10.6. The zero-order valence-electron chi connectivity index (χ0n) is 14.2. The lowest BCUT2D eigenvalue weighted by Gasteiger charge is -2.04. The molecule has 0 fully saturated rings. The number of amides is 3. The molecule has 2 aromatic heterocycles. The SMILES string of the molecule is NC(=O)Nc1ccc(C(=O)Nc2nn3cc(-c4ccc(Cl)cc4)nc3s2)cc1. The fraction of sp³-hybridized carbons (Fsp3) is 0. The molecule has 0 bridgehead atoms. The maximum Gasteiger partial charge on any atom is 0.316 e. The highest BCUT2D eigenvalue weighted by Gasteiger charge is 2.13. The number of hydrogen-bond acceptors (Lipinski definition) is 5. The predicted molar refractivity (Wildman–Crippen MR) is 109 cm³/mol. The molecule has 10 heteroatoms. The van der Waals surface area contributed by atoms with Crippen LogP contribution in [0.4, 0.5) is 15.6 Å². The monoisotopic (exact) mass is 412 g/mol. The van der Waals surface area contributed by atoms with E-state index in [4.69, 9.17) is 17.3 Å². The molecular weight excluding hydrogens is 400 g/mol. The Morgan fingerprint density at radius 2 is 1.75 bits per heavy atom. The topological polar surface area (TPSA) is 114 Å². The molecule has 0 unspecified atom stereocenters. The van der Waals surface area contributed by atoms with Crippen molar-refractivity contribution in [2.75, 3.05) is 10.6 Å². The van der Waals surface area contributed by atoms with Crippen LogP contribution in [0.2, 0.25) is 5.02 Å². The minimum atomic E-state index is -0.665. The van der Waals surface area contributed by atoms with E-state index in [1.54, 1.807) is 47.1 Å². The molecule has 140 valence electrons. The second kappa shape index (κ2) is 7.29. The molecule has 0 saturated heterocycles. The van der Waals surface area contributed by atoms with Gasteiger partial charge in [-0.15, -0.1) is 5.10 Å². The molecule has 3 amide bonds. The highest BCUT2D eigenvalue weighted by Crippen LogP contribution is 2.25. The van der Waals surface area contributed by atoms with Gasteiger partial charge in [0.15, 0.2) is 0 Å². The molecule has 0 radical (unpaired) electrons. The second-order valence-electron chi connectivity index (χ2n) is 5.79. The van der Waals surface area contributed by atoms with E-state index < -0.39 is 6.03 Å². The number of carbonyl (C=O) groups excluding carboxylic acids is 2. The normalized spacial score (nSPS) is 10.8. The van der Waals surface area contributed by atoms with Gasteiger partial charge in [0, 0.05) is 21.8 Å². The molecule has 0 aliphatic carbocycles. The van der Waals surface area contributed by atoms with Crippen LogP contribution >= 0.6 is 22.9 Å². The van der Waals surface area contributed by atoms with Crippen LogP contribution in [-0.4, -0.2) is 26.5 Å². The molecule has 0 spiro atoms. The van der Waals surface area contributed by atoms with Crippen LogP contribution in [0.15, 0.2) is 54.7 Å². The number of aromatic nitrogens is 3. The van der Waals surface area contributed by atoms with E-state index in [-0.39, 0.29) is 5.91 Å². The van der Waals surface area contributed by atoms with Gasteiger partial charge in [0.2, 0.25) is 10.1 Å². The summed E-state index contributed by atoms with van der Waals surface area (Å²) < 4.78 is 1.62. The molecule has 4 aromatic rings. The van der Waals surface area contributed by atoms with E-state index in [9.17, 15) is 9.59 Å². The van der Waals surface area contributed by atoms with Crippen molar-refractivity contribution >= 4 is 50.7 Å². The fourth-order valence-electron chi connectivity index (χ4n) is 2.53. The second-order valence-corrected chi connectivity index (χ2v) is 7.18. The number of anilines is 2. The third kappa shape index (κ3) is 3.80. The number of rotatable bonds is 4. The molecule has 0 aliphatic rings. The van der Waals surface area contributed by atoms with Gasteiger partial charge in [-0.2, -0.15) is 0 Å². The van der Waals surface area contributed by atoms with Crippen molar-refractivity contribution in [2.45, 2.75) is 0 Å². The van der Waals surface area contributed by atoms with E-state index in [0.717, 1.165) is 11.3 Å². The number of halogens is 1. The van der Waals surface area contributed by atoms with Crippen molar-refractivity contribution in [3.05, 3.63) is 65.3 Å². The molecule has 0 atom stereocenters. The van der Waals surface area contributed by atoms with Crippen molar-refractivity contribution in [1.82, 2.24) is 14.6 Å². The number of carbonyl (C=O) groups is 2. The first-order valence-corrected chi connectivity index (χ1v) is 9.27. The Hall–Kier alpha value is -3.43. The lowest BCUT2D eigenvalue weighted by Crippen LogP contribution is -2.19. The van der Waals surface area contributed by atoms with Crippen LogP contribution in [0, 0.1) is 0 Å². The zero-order chi connectivity index (χ0) is 19.7. The van der Waals surface area contributed by atoms with Crippen LogP contribution < -0.4 is 16.4 Å². The summed E-state index contributed by atoms with van der Waals surface area (Å²) in [6.07, 6.45) is 1.79. The van der Waals surface area contributed by atoms with Gasteiger partial charge in [0.05, 0.1) is 11.9 Å². The summed E-state index contributed by atoms with van der Waals surface area (Å²) in [5.41, 5.74) is 7.68. The van der Waals surface area contributed by atoms with E-state index in [2.05, 4.69) is 20.7 Å². The molecule has 2 aromatic carbocycles. The number of benzene rings is 2. The van der Waals surface area contributed by atoms with Crippen molar-refractivity contribution in [1.29, 1.82) is 0 Å². The third-order valence-corrected chi connectivity index (χ3v) is 4.91. The number of nitrogens with one attached hydrogen (secondary N) is 2. The average Bonchev–Trinajstić information content (AvgIpc) is 3.21. The summed E-state index contributed by atoms with van der Waals surface area (Å²) in [6.45, 7) is 0. The minimum absolute atomic E-state index is 0.319. The third-order valence-electron chi connectivity index (χ3n) is 3.82. The van der Waals surface area contributed by atoms with Gasteiger partial charge in [0.25, 0.3) is 5.91 Å². The van der Waals surface area contributed by atoms with Gasteiger partial charge in [-0.1, -0.05) is 35.1 Å². The standard InChI is InChI=1S/C18H13ClN6O2S/c19-12-5-1-10(2-6-12)14-9-25-18(22-14)28-17(24-25)23-15(26)11-3-7-13(8-4-11)21-16(20)27/h1-9H,(H3,20,21,27)(H,23,24,26). The van der Waals surface area contributed by atoms with Crippen LogP contribution in [0.5, 0.6) is 0 Å². The molecule has 8 nitrogen and oxygen atoms in total. The summed E-state index contributed by atoms with van der Waals surface area (Å²) in [6, 6.07) is 13.0. The number of nitrogens with zero attached hydrogens (tertiary/aromatic N) is 3. The quantitative estimate of drug-likeness (QED) is 0.472. The van der Waals surface area contributed by atoms with E-state index in [0.29, 0.717) is 26.4 Å². The Morgan fingerprint density at radius 3 is 2.39 bits per heavy atom. The Bertz CT molecular complexity index is 1140. The summed E-state index contributed by atoms with van der Waals surface area (Å²) in [4.78, 5) is 28.4. The first kappa shape index (κ1) is 18.0. The molecule has 28 heavy (non-hydrogen) atoms. The summed E-state index contributed by atoms with van der Waals surface area (Å²) in [5.74, 6) is -0.319. The highest BCUT2D eigenvalue weighted by atomic mass is 35.5. The Kier molecular flexibility index (Phi) is 4.68. The maximum atomic E-state index is 12.4. The first-order valence-electron chi connectivity index (χ1n) is 8.08. The van der Waals surface area contributed by atoms with Gasteiger partial charge in [0.1, 0.15) is 0 Å². The van der Waals surface area contributed by atoms with E-state index in [1.807, 2.05) is 12.1 Å². The largest absolute Gasteiger partial charge is 0.351 e. The van der Waals surface area contributed by atoms with Gasteiger partial charge in [-0.3, -0.25) is 10.1 Å². The van der Waals surface area contributed by atoms with Crippen LogP contribution in [-0.2, 0) is 0 Å². The molecule has 2 heterocycles. The number of hydrogen-bond donors (Lipinski definition) is 3. The Labute approximate surface area is 168 Å². The van der Waals surface area contributed by atoms with Crippen molar-refractivity contribution in [3.63, 3.8) is 0 Å². The smallest absolute Gasteiger partial charge is 0.316 e. The average molecular weight is 413 g/mol.